The number of nitrogens with zero attached hydrogens (tertiary/aromatic N) is 3. The number of carbonyl (C=O) groups is 1. The Morgan fingerprint density at radius 2 is 1.79 bits per heavy atom. The molecule has 5 heteroatoms. The van der Waals surface area contributed by atoms with Gasteiger partial charge in [0.1, 0.15) is 0 Å². The van der Waals surface area contributed by atoms with E-state index in [-0.39, 0.29) is 5.97 Å². The third kappa shape index (κ3) is 4.44. The molecule has 0 unspecified atom stereocenters. The molecule has 0 atom stereocenters. The largest absolute Gasteiger partial charge is 0.465 e. The van der Waals surface area contributed by atoms with E-state index in [1.165, 1.54) is 12.8 Å². The molecule has 0 aliphatic carbocycles. The lowest BCUT2D eigenvalue weighted by atomic mass is 10.0. The van der Waals surface area contributed by atoms with Crippen molar-refractivity contribution in [2.24, 2.45) is 0 Å². The highest BCUT2D eigenvalue weighted by molar-refractivity contribution is 5.71. The Balaban J connectivity index is 1.69. The van der Waals surface area contributed by atoms with E-state index in [9.17, 15) is 4.79 Å². The van der Waals surface area contributed by atoms with Gasteiger partial charge in [-0.15, -0.1) is 0 Å². The molecule has 0 aromatic carbocycles. The van der Waals surface area contributed by atoms with Crippen molar-refractivity contribution in [3.05, 3.63) is 7.05 Å². The minimum Gasteiger partial charge on any atom is -0.465 e. The van der Waals surface area contributed by atoms with Gasteiger partial charge in [0.25, 0.3) is 0 Å². The predicted molar refractivity (Wildman–Crippen MR) is 74.6 cm³/mol. The molecule has 2 saturated heterocycles. The summed E-state index contributed by atoms with van der Waals surface area (Å²) in [5.41, 5.74) is 0. The highest BCUT2D eigenvalue weighted by Gasteiger charge is 2.26. The number of ether oxygens (including phenoxy) is 1. The second-order valence-corrected chi connectivity index (χ2v) is 5.47. The second-order valence-electron chi connectivity index (χ2n) is 5.47. The number of piperidine rings is 1. The lowest BCUT2D eigenvalue weighted by Gasteiger charge is -2.43. The number of likely N-dealkylation sites (tertiary alicyclic amines) is 1. The molecular weight excluding hydrogens is 242 g/mol. The van der Waals surface area contributed by atoms with Gasteiger partial charge in [0.2, 0.25) is 0 Å². The summed E-state index contributed by atoms with van der Waals surface area (Å²) in [6, 6.07) is 0.711. The van der Waals surface area contributed by atoms with Crippen molar-refractivity contribution >= 4 is 5.97 Å². The first-order chi connectivity index (χ1) is 9.19. The summed E-state index contributed by atoms with van der Waals surface area (Å²) in [6.07, 6.45) is 2.45. The Morgan fingerprint density at radius 1 is 1.16 bits per heavy atom. The molecule has 2 rings (SSSR count). The maximum Gasteiger partial charge on any atom is 0.320 e. The maximum absolute atomic E-state index is 11.4. The van der Waals surface area contributed by atoms with E-state index < -0.39 is 0 Å². The number of hydrogen-bond acceptors (Lipinski definition) is 5. The summed E-state index contributed by atoms with van der Waals surface area (Å²) in [4.78, 5) is 18.4. The third-order valence-electron chi connectivity index (χ3n) is 4.14. The summed E-state index contributed by atoms with van der Waals surface area (Å²) in [5.74, 6) is -0.0960. The van der Waals surface area contributed by atoms with E-state index in [2.05, 4.69) is 21.7 Å². The van der Waals surface area contributed by atoms with Crippen LogP contribution >= 0.6 is 0 Å². The normalized spacial score (nSPS) is 24.5. The molecule has 0 saturated carbocycles. The van der Waals surface area contributed by atoms with Crippen molar-refractivity contribution in [3.8, 4) is 0 Å². The molecule has 19 heavy (non-hydrogen) atoms. The van der Waals surface area contributed by atoms with Gasteiger partial charge in [0.05, 0.1) is 13.2 Å². The van der Waals surface area contributed by atoms with Crippen molar-refractivity contribution < 1.29 is 9.53 Å². The van der Waals surface area contributed by atoms with Gasteiger partial charge >= 0.3 is 5.97 Å². The average Bonchev–Trinajstić information content (AvgIpc) is 2.41. The maximum atomic E-state index is 11.4. The fourth-order valence-corrected chi connectivity index (χ4v) is 2.96. The smallest absolute Gasteiger partial charge is 0.320 e. The van der Waals surface area contributed by atoms with Gasteiger partial charge in [-0.3, -0.25) is 21.6 Å². The van der Waals surface area contributed by atoms with Crippen LogP contribution in [0.15, 0.2) is 0 Å². The molecule has 0 spiro atoms. The summed E-state index contributed by atoms with van der Waals surface area (Å²) < 4.78 is 4.99. The Hall–Kier alpha value is -0.650. The highest BCUT2D eigenvalue weighted by Crippen LogP contribution is 2.17. The van der Waals surface area contributed by atoms with Gasteiger partial charge in [0, 0.05) is 32.2 Å². The van der Waals surface area contributed by atoms with E-state index in [0.717, 1.165) is 39.3 Å². The molecule has 0 radical (unpaired) electrons. The summed E-state index contributed by atoms with van der Waals surface area (Å²) >= 11 is 0. The van der Waals surface area contributed by atoms with Gasteiger partial charge in [-0.1, -0.05) is 0 Å². The molecule has 110 valence electrons. The van der Waals surface area contributed by atoms with Gasteiger partial charge in [-0.25, -0.2) is 0 Å². The number of hydrogen-bond donors (Lipinski definition) is 0. The van der Waals surface area contributed by atoms with Crippen LogP contribution < -0.4 is 0 Å². The molecule has 0 bridgehead atoms. The van der Waals surface area contributed by atoms with Crippen LogP contribution in [-0.2, 0) is 9.53 Å². The minimum atomic E-state index is -0.0960. The average molecular weight is 268 g/mol. The van der Waals surface area contributed by atoms with Crippen LogP contribution in [0.3, 0.4) is 0 Å². The minimum absolute atomic E-state index is 0.0960. The van der Waals surface area contributed by atoms with E-state index in [4.69, 9.17) is 4.74 Å². The summed E-state index contributed by atoms with van der Waals surface area (Å²) in [5, 5.41) is 0. The van der Waals surface area contributed by atoms with E-state index in [0.29, 0.717) is 19.2 Å². The Bertz CT molecular complexity index is 282. The number of piperazine rings is 1. The summed E-state index contributed by atoms with van der Waals surface area (Å²) in [6.45, 7) is 9.07. The van der Waals surface area contributed by atoms with E-state index in [1.807, 2.05) is 6.92 Å². The van der Waals surface area contributed by atoms with Crippen molar-refractivity contribution in [2.45, 2.75) is 25.8 Å². The van der Waals surface area contributed by atoms with Crippen molar-refractivity contribution in [2.75, 3.05) is 52.4 Å². The summed E-state index contributed by atoms with van der Waals surface area (Å²) in [7, 11) is 3.99. The van der Waals surface area contributed by atoms with Gasteiger partial charge in [0.15, 0.2) is 0 Å². The third-order valence-corrected chi connectivity index (χ3v) is 4.14. The molecule has 5 nitrogen and oxygen atoms in total. The van der Waals surface area contributed by atoms with Gasteiger partial charge in [-0.05, 0) is 32.9 Å². The molecule has 0 N–H and O–H groups in total. The number of rotatable bonds is 4. The quantitative estimate of drug-likeness (QED) is 0.546. The van der Waals surface area contributed by atoms with Crippen LogP contribution in [0.1, 0.15) is 19.8 Å². The second kappa shape index (κ2) is 7.22. The zero-order valence-electron chi connectivity index (χ0n) is 12.0. The molecule has 0 aromatic heterocycles. The Morgan fingerprint density at radius 3 is 2.37 bits per heavy atom. The van der Waals surface area contributed by atoms with Crippen molar-refractivity contribution in [1.29, 1.82) is 0 Å². The van der Waals surface area contributed by atoms with Gasteiger partial charge < -0.3 is 9.64 Å². The molecule has 2 aliphatic rings. The van der Waals surface area contributed by atoms with Crippen LogP contribution in [0.5, 0.6) is 0 Å². The lowest BCUT2D eigenvalue weighted by Crippen LogP contribution is -2.53. The topological polar surface area (TPSA) is 36.0 Å². The molecule has 0 amide bonds. The SMILES string of the molecule is [CH2-]N1CCC(N2CCN(CC(=O)OCC)CC2)CC1. The molecule has 2 fully saturated rings. The molecule has 2 aliphatic heterocycles. The first kappa shape index (κ1) is 14.8. The van der Waals surface area contributed by atoms with Crippen LogP contribution in [0, 0.1) is 7.05 Å². The highest BCUT2D eigenvalue weighted by atomic mass is 16.5. The zero-order chi connectivity index (χ0) is 13.7. The zero-order valence-corrected chi connectivity index (χ0v) is 12.0. The monoisotopic (exact) mass is 268 g/mol. The standard InChI is InChI=1S/C14H26N3O2/c1-3-19-14(18)12-16-8-10-17(11-9-16)13-4-6-15(2)7-5-13/h13H,2-12H2,1H3/q-1. The van der Waals surface area contributed by atoms with Gasteiger partial charge in [-0.2, -0.15) is 0 Å². The predicted octanol–water partition coefficient (Wildman–Crippen LogP) is 0.423. The molecule has 2 heterocycles. The molecule has 0 aromatic rings. The van der Waals surface area contributed by atoms with Crippen molar-refractivity contribution in [1.82, 2.24) is 14.7 Å². The number of carbonyl (C=O) groups excluding carboxylic acids is 1. The Kier molecular flexibility index (Phi) is 5.60. The molecular formula is C14H26N3O2-. The Labute approximate surface area is 116 Å². The van der Waals surface area contributed by atoms with Crippen LogP contribution in [-0.4, -0.2) is 79.1 Å². The van der Waals surface area contributed by atoms with Crippen molar-refractivity contribution in [3.63, 3.8) is 0 Å². The lowest BCUT2D eigenvalue weighted by molar-refractivity contribution is -0.144. The fourth-order valence-electron chi connectivity index (χ4n) is 2.96. The van der Waals surface area contributed by atoms with Crippen LogP contribution in [0.25, 0.3) is 0 Å². The fraction of sp³-hybridized carbons (Fsp3) is 0.857. The first-order valence-corrected chi connectivity index (χ1v) is 7.36. The van der Waals surface area contributed by atoms with E-state index in [1.54, 1.807) is 0 Å². The first-order valence-electron chi connectivity index (χ1n) is 7.36. The van der Waals surface area contributed by atoms with Crippen LogP contribution in [0.4, 0.5) is 0 Å². The van der Waals surface area contributed by atoms with Crippen LogP contribution in [0.2, 0.25) is 0 Å². The number of esters is 1. The van der Waals surface area contributed by atoms with E-state index >= 15 is 0 Å².